The van der Waals surface area contributed by atoms with Crippen molar-refractivity contribution in [2.75, 3.05) is 13.1 Å². The summed E-state index contributed by atoms with van der Waals surface area (Å²) in [5.74, 6) is 0.551. The zero-order valence-corrected chi connectivity index (χ0v) is 15.9. The van der Waals surface area contributed by atoms with E-state index in [1.807, 2.05) is 18.2 Å². The first-order valence-electron chi connectivity index (χ1n) is 10.2. The van der Waals surface area contributed by atoms with Crippen molar-refractivity contribution >= 4 is 17.7 Å². The second-order valence-corrected chi connectivity index (χ2v) is 8.71. The zero-order chi connectivity index (χ0) is 19.4. The van der Waals surface area contributed by atoms with Crippen LogP contribution in [0.4, 0.5) is 0 Å². The summed E-state index contributed by atoms with van der Waals surface area (Å²) in [7, 11) is 0. The fourth-order valence-corrected chi connectivity index (χ4v) is 5.59. The molecule has 5 rings (SSSR count). The number of imide groups is 1. The normalized spacial score (nSPS) is 32.6. The summed E-state index contributed by atoms with van der Waals surface area (Å²) in [4.78, 5) is 40.9. The number of amides is 3. The van der Waals surface area contributed by atoms with E-state index < -0.39 is 6.04 Å². The van der Waals surface area contributed by atoms with Gasteiger partial charge in [-0.1, -0.05) is 18.2 Å². The third-order valence-corrected chi connectivity index (χ3v) is 7.02. The van der Waals surface area contributed by atoms with Crippen LogP contribution in [0.25, 0.3) is 0 Å². The number of hydrogen-bond acceptors (Lipinski definition) is 5. The van der Waals surface area contributed by atoms with Gasteiger partial charge in [0.25, 0.3) is 5.91 Å². The fraction of sp³-hybridized carbons (Fsp3) is 0.571. The standard InChI is InChI=1S/C21H26N4O3/c22-16-5-4-12-8-24(11-15(12)16)9-13-2-1-3-14-10-25(21(28)19(13)14)17-6-7-18(26)23-20(17)27/h1-3,12,15-17H,4-11,22H2,(H,23,26,27). The minimum atomic E-state index is -0.561. The number of nitrogens with two attached hydrogens (primary N) is 1. The number of nitrogens with one attached hydrogen (secondary N) is 1. The van der Waals surface area contributed by atoms with Crippen molar-refractivity contribution in [2.24, 2.45) is 17.6 Å². The van der Waals surface area contributed by atoms with Crippen LogP contribution in [0.15, 0.2) is 18.2 Å². The molecule has 0 spiro atoms. The highest BCUT2D eigenvalue weighted by Gasteiger charge is 2.42. The van der Waals surface area contributed by atoms with Gasteiger partial charge in [0, 0.05) is 44.2 Å². The average molecular weight is 382 g/mol. The molecule has 0 radical (unpaired) electrons. The molecule has 1 aliphatic carbocycles. The van der Waals surface area contributed by atoms with Gasteiger partial charge in [0.1, 0.15) is 6.04 Å². The Kier molecular flexibility index (Phi) is 4.25. The van der Waals surface area contributed by atoms with Crippen molar-refractivity contribution in [1.82, 2.24) is 15.1 Å². The third-order valence-electron chi connectivity index (χ3n) is 7.02. The molecule has 0 bridgehead atoms. The smallest absolute Gasteiger partial charge is 0.255 e. The Morgan fingerprint density at radius 1 is 1.11 bits per heavy atom. The van der Waals surface area contributed by atoms with E-state index in [9.17, 15) is 14.4 Å². The van der Waals surface area contributed by atoms with Crippen LogP contribution in [0, 0.1) is 11.8 Å². The van der Waals surface area contributed by atoms with Gasteiger partial charge in [-0.15, -0.1) is 0 Å². The summed E-state index contributed by atoms with van der Waals surface area (Å²) in [5.41, 5.74) is 9.01. The second-order valence-electron chi connectivity index (χ2n) is 8.71. The Morgan fingerprint density at radius 3 is 2.75 bits per heavy atom. The summed E-state index contributed by atoms with van der Waals surface area (Å²) >= 11 is 0. The van der Waals surface area contributed by atoms with Gasteiger partial charge in [0.15, 0.2) is 0 Å². The predicted octanol–water partition coefficient (Wildman–Crippen LogP) is 0.617. The molecule has 4 unspecified atom stereocenters. The molecule has 4 aliphatic rings. The minimum Gasteiger partial charge on any atom is -0.327 e. The number of fused-ring (bicyclic) bond motifs is 2. The first kappa shape index (κ1) is 17.8. The molecule has 3 amide bonds. The number of piperidine rings is 1. The van der Waals surface area contributed by atoms with E-state index in [0.717, 1.165) is 42.7 Å². The Morgan fingerprint density at radius 2 is 1.96 bits per heavy atom. The highest BCUT2D eigenvalue weighted by molar-refractivity contribution is 6.05. The first-order valence-corrected chi connectivity index (χ1v) is 10.2. The maximum atomic E-state index is 13.2. The average Bonchev–Trinajstić information content (AvgIpc) is 3.31. The number of carbonyl (C=O) groups excluding carboxylic acids is 3. The van der Waals surface area contributed by atoms with Crippen molar-refractivity contribution in [3.63, 3.8) is 0 Å². The molecule has 3 fully saturated rings. The van der Waals surface area contributed by atoms with Crippen LogP contribution in [0.1, 0.15) is 47.2 Å². The largest absolute Gasteiger partial charge is 0.327 e. The highest BCUT2D eigenvalue weighted by atomic mass is 16.2. The molecule has 7 heteroatoms. The SMILES string of the molecule is NC1CCC2CN(Cc3cccc4c3C(=O)N(C3CCC(=O)NC3=O)C4)CC12. The lowest BCUT2D eigenvalue weighted by molar-refractivity contribution is -0.136. The molecule has 7 nitrogen and oxygen atoms in total. The number of likely N-dealkylation sites (tertiary alicyclic amines) is 1. The van der Waals surface area contributed by atoms with Crippen LogP contribution in [0.2, 0.25) is 0 Å². The van der Waals surface area contributed by atoms with Crippen LogP contribution in [-0.4, -0.2) is 52.7 Å². The van der Waals surface area contributed by atoms with Gasteiger partial charge >= 0.3 is 0 Å². The van der Waals surface area contributed by atoms with Gasteiger partial charge in [-0.3, -0.25) is 24.6 Å². The number of carbonyl (C=O) groups is 3. The van der Waals surface area contributed by atoms with Gasteiger partial charge in [-0.05, 0) is 42.2 Å². The van der Waals surface area contributed by atoms with Gasteiger partial charge in [0.05, 0.1) is 0 Å². The van der Waals surface area contributed by atoms with E-state index in [0.29, 0.717) is 30.8 Å². The molecule has 2 saturated heterocycles. The lowest BCUT2D eigenvalue weighted by Crippen LogP contribution is -2.52. The Hall–Kier alpha value is -2.25. The van der Waals surface area contributed by atoms with Gasteiger partial charge in [-0.2, -0.15) is 0 Å². The fourth-order valence-electron chi connectivity index (χ4n) is 5.59. The van der Waals surface area contributed by atoms with Gasteiger partial charge in [0.2, 0.25) is 11.8 Å². The molecule has 0 aromatic heterocycles. The van der Waals surface area contributed by atoms with E-state index in [4.69, 9.17) is 5.73 Å². The molecule has 28 heavy (non-hydrogen) atoms. The van der Waals surface area contributed by atoms with Crippen LogP contribution >= 0.6 is 0 Å². The molecule has 3 heterocycles. The quantitative estimate of drug-likeness (QED) is 0.747. The lowest BCUT2D eigenvalue weighted by atomic mass is 9.98. The van der Waals surface area contributed by atoms with Crippen molar-refractivity contribution in [1.29, 1.82) is 0 Å². The summed E-state index contributed by atoms with van der Waals surface area (Å²) in [6.45, 7) is 3.23. The molecule has 3 N–H and O–H groups in total. The van der Waals surface area contributed by atoms with Gasteiger partial charge < -0.3 is 10.6 Å². The van der Waals surface area contributed by atoms with E-state index >= 15 is 0 Å². The van der Waals surface area contributed by atoms with Crippen LogP contribution in [0.3, 0.4) is 0 Å². The van der Waals surface area contributed by atoms with Crippen molar-refractivity contribution < 1.29 is 14.4 Å². The Labute approximate surface area is 164 Å². The number of hydrogen-bond donors (Lipinski definition) is 2. The molecular formula is C21H26N4O3. The predicted molar refractivity (Wildman–Crippen MR) is 102 cm³/mol. The van der Waals surface area contributed by atoms with Crippen LogP contribution < -0.4 is 11.1 Å². The van der Waals surface area contributed by atoms with Crippen LogP contribution in [0.5, 0.6) is 0 Å². The molecule has 148 valence electrons. The molecular weight excluding hydrogens is 356 g/mol. The maximum absolute atomic E-state index is 13.2. The number of benzene rings is 1. The van der Waals surface area contributed by atoms with Crippen molar-refractivity contribution in [3.05, 3.63) is 34.9 Å². The van der Waals surface area contributed by atoms with E-state index in [1.165, 1.54) is 6.42 Å². The second kappa shape index (κ2) is 6.67. The van der Waals surface area contributed by atoms with Crippen LogP contribution in [-0.2, 0) is 22.7 Å². The van der Waals surface area contributed by atoms with E-state index in [2.05, 4.69) is 10.2 Å². The topological polar surface area (TPSA) is 95.7 Å². The lowest BCUT2D eigenvalue weighted by Gasteiger charge is -2.29. The monoisotopic (exact) mass is 382 g/mol. The maximum Gasteiger partial charge on any atom is 0.255 e. The number of rotatable bonds is 3. The molecule has 1 aromatic carbocycles. The van der Waals surface area contributed by atoms with Gasteiger partial charge in [-0.25, -0.2) is 0 Å². The first-order chi connectivity index (χ1) is 13.5. The summed E-state index contributed by atoms with van der Waals surface area (Å²) in [6.07, 6.45) is 3.01. The molecule has 3 aliphatic heterocycles. The Bertz CT molecular complexity index is 854. The molecule has 1 aromatic rings. The van der Waals surface area contributed by atoms with E-state index in [-0.39, 0.29) is 24.1 Å². The van der Waals surface area contributed by atoms with Crippen molar-refractivity contribution in [2.45, 2.75) is 50.9 Å². The van der Waals surface area contributed by atoms with Crippen molar-refractivity contribution in [3.8, 4) is 0 Å². The molecule has 4 atom stereocenters. The third kappa shape index (κ3) is 2.84. The summed E-state index contributed by atoms with van der Waals surface area (Å²) in [5, 5.41) is 2.36. The Balaban J connectivity index is 1.34. The zero-order valence-electron chi connectivity index (χ0n) is 15.9. The highest BCUT2D eigenvalue weighted by Crippen LogP contribution is 2.38. The summed E-state index contributed by atoms with van der Waals surface area (Å²) < 4.78 is 0. The van der Waals surface area contributed by atoms with E-state index in [1.54, 1.807) is 4.90 Å². The number of nitrogens with zero attached hydrogens (tertiary/aromatic N) is 2. The minimum absolute atomic E-state index is 0.0869. The molecule has 1 saturated carbocycles. The summed E-state index contributed by atoms with van der Waals surface area (Å²) in [6, 6.07) is 5.74.